The Morgan fingerprint density at radius 2 is 1.36 bits per heavy atom. The zero-order chi connectivity index (χ0) is 21.7. The van der Waals surface area contributed by atoms with Crippen LogP contribution in [0.15, 0.2) is 97.1 Å². The Labute approximate surface area is 189 Å². The molecular formula is C30H19N3. The lowest BCUT2D eigenvalue weighted by molar-refractivity contribution is 1.22. The Bertz CT molecular complexity index is 2040. The summed E-state index contributed by atoms with van der Waals surface area (Å²) in [6.07, 6.45) is 0. The number of hydrogen-bond acceptors (Lipinski definition) is 1. The van der Waals surface area contributed by atoms with Crippen molar-refractivity contribution < 1.29 is 0 Å². The van der Waals surface area contributed by atoms with Crippen LogP contribution in [0.4, 0.5) is 0 Å². The first-order valence-corrected chi connectivity index (χ1v) is 11.3. The minimum Gasteiger partial charge on any atom is -0.277 e. The molecule has 3 aromatic heterocycles. The van der Waals surface area contributed by atoms with E-state index in [1.807, 2.05) is 0 Å². The van der Waals surface area contributed by atoms with Crippen molar-refractivity contribution >= 4 is 54.9 Å². The van der Waals surface area contributed by atoms with E-state index in [0.29, 0.717) is 0 Å². The molecule has 0 unspecified atom stereocenters. The second-order valence-electron chi connectivity index (χ2n) is 8.99. The Kier molecular flexibility index (Phi) is 3.08. The van der Waals surface area contributed by atoms with E-state index in [9.17, 15) is 0 Å². The molecule has 0 spiro atoms. The van der Waals surface area contributed by atoms with Gasteiger partial charge in [0.05, 0.1) is 27.6 Å². The third kappa shape index (κ3) is 2.12. The highest BCUT2D eigenvalue weighted by molar-refractivity contribution is 6.19. The maximum Gasteiger partial charge on any atom is 0.220 e. The third-order valence-corrected chi connectivity index (χ3v) is 7.15. The monoisotopic (exact) mass is 421 g/mol. The summed E-state index contributed by atoms with van der Waals surface area (Å²) in [5.41, 5.74) is 9.63. The molecule has 0 saturated heterocycles. The van der Waals surface area contributed by atoms with Crippen molar-refractivity contribution in [1.29, 1.82) is 0 Å². The number of aryl methyl sites for hydroxylation is 1. The van der Waals surface area contributed by atoms with Crippen LogP contribution in [0, 0.1) is 6.92 Å². The summed E-state index contributed by atoms with van der Waals surface area (Å²) in [5, 5.41) is 5.07. The number of aromatic nitrogens is 3. The molecule has 0 N–H and O–H groups in total. The van der Waals surface area contributed by atoms with Crippen molar-refractivity contribution in [1.82, 2.24) is 13.8 Å². The van der Waals surface area contributed by atoms with Gasteiger partial charge in [-0.3, -0.25) is 8.80 Å². The zero-order valence-corrected chi connectivity index (χ0v) is 18.1. The molecule has 154 valence electrons. The average molecular weight is 422 g/mol. The summed E-state index contributed by atoms with van der Waals surface area (Å²) in [5.74, 6) is 0.975. The highest BCUT2D eigenvalue weighted by Crippen LogP contribution is 2.41. The largest absolute Gasteiger partial charge is 0.277 e. The lowest BCUT2D eigenvalue weighted by Crippen LogP contribution is -1.86. The van der Waals surface area contributed by atoms with Gasteiger partial charge in [-0.25, -0.2) is 4.98 Å². The molecule has 0 atom stereocenters. The van der Waals surface area contributed by atoms with Crippen molar-refractivity contribution in [3.63, 3.8) is 0 Å². The molecule has 0 radical (unpaired) electrons. The van der Waals surface area contributed by atoms with Crippen molar-refractivity contribution in [2.45, 2.75) is 6.92 Å². The van der Waals surface area contributed by atoms with Gasteiger partial charge in [-0.05, 0) is 70.8 Å². The number of fused-ring (bicyclic) bond motifs is 9. The van der Waals surface area contributed by atoms with Crippen molar-refractivity contribution in [2.24, 2.45) is 0 Å². The van der Waals surface area contributed by atoms with Crippen LogP contribution in [0.25, 0.3) is 66.0 Å². The van der Waals surface area contributed by atoms with Gasteiger partial charge in [0.1, 0.15) is 0 Å². The standard InChI is InChI=1S/C30H19N3/c1-18-8-2-5-11-22(18)21-15-24-23-14-19-9-3-4-10-20(19)16-27(23)33-29(24)28(17-21)32-26-13-7-6-12-25(26)31-30(32)33/h2-17H,1H3. The molecule has 3 heterocycles. The van der Waals surface area contributed by atoms with E-state index in [1.165, 1.54) is 54.8 Å². The summed E-state index contributed by atoms with van der Waals surface area (Å²) < 4.78 is 4.68. The average Bonchev–Trinajstić information content (AvgIpc) is 3.48. The summed E-state index contributed by atoms with van der Waals surface area (Å²) in [7, 11) is 0. The van der Waals surface area contributed by atoms with Crippen LogP contribution in [0.5, 0.6) is 0 Å². The Morgan fingerprint density at radius 3 is 2.24 bits per heavy atom. The second kappa shape index (κ2) is 5.90. The molecule has 5 aromatic carbocycles. The van der Waals surface area contributed by atoms with Gasteiger partial charge >= 0.3 is 0 Å². The summed E-state index contributed by atoms with van der Waals surface area (Å²) in [6.45, 7) is 2.19. The predicted molar refractivity (Wildman–Crippen MR) is 138 cm³/mol. The normalized spacial score (nSPS) is 12.4. The van der Waals surface area contributed by atoms with Gasteiger partial charge in [-0.2, -0.15) is 0 Å². The lowest BCUT2D eigenvalue weighted by Gasteiger charge is -2.07. The van der Waals surface area contributed by atoms with E-state index in [2.05, 4.69) is 113 Å². The van der Waals surface area contributed by atoms with Crippen molar-refractivity contribution in [2.75, 3.05) is 0 Å². The lowest BCUT2D eigenvalue weighted by atomic mass is 9.98. The van der Waals surface area contributed by atoms with Crippen molar-refractivity contribution in [3.8, 4) is 11.1 Å². The minimum absolute atomic E-state index is 0.975. The van der Waals surface area contributed by atoms with Gasteiger partial charge in [0.25, 0.3) is 0 Å². The molecule has 0 aliphatic heterocycles. The first kappa shape index (κ1) is 17.2. The van der Waals surface area contributed by atoms with E-state index in [4.69, 9.17) is 4.98 Å². The van der Waals surface area contributed by atoms with Gasteiger partial charge in [0.2, 0.25) is 5.78 Å². The fraction of sp³-hybridized carbons (Fsp3) is 0.0333. The van der Waals surface area contributed by atoms with Gasteiger partial charge in [-0.15, -0.1) is 0 Å². The third-order valence-electron chi connectivity index (χ3n) is 7.15. The highest BCUT2D eigenvalue weighted by atomic mass is 15.2. The van der Waals surface area contributed by atoms with Gasteiger partial charge in [0.15, 0.2) is 0 Å². The van der Waals surface area contributed by atoms with Crippen LogP contribution in [-0.4, -0.2) is 13.8 Å². The van der Waals surface area contributed by atoms with Crippen LogP contribution < -0.4 is 0 Å². The summed E-state index contributed by atoms with van der Waals surface area (Å²) >= 11 is 0. The molecule has 0 amide bonds. The number of hydrogen-bond donors (Lipinski definition) is 0. The highest BCUT2D eigenvalue weighted by Gasteiger charge is 2.22. The van der Waals surface area contributed by atoms with Crippen LogP contribution in [-0.2, 0) is 0 Å². The van der Waals surface area contributed by atoms with E-state index in [-0.39, 0.29) is 0 Å². The first-order valence-electron chi connectivity index (χ1n) is 11.3. The van der Waals surface area contributed by atoms with Gasteiger partial charge in [-0.1, -0.05) is 60.7 Å². The molecule has 0 aliphatic rings. The molecular weight excluding hydrogens is 402 g/mol. The van der Waals surface area contributed by atoms with Crippen LogP contribution >= 0.6 is 0 Å². The quantitative estimate of drug-likeness (QED) is 0.267. The molecule has 3 heteroatoms. The number of rotatable bonds is 1. The van der Waals surface area contributed by atoms with Gasteiger partial charge < -0.3 is 0 Å². The van der Waals surface area contributed by atoms with Crippen LogP contribution in [0.3, 0.4) is 0 Å². The van der Waals surface area contributed by atoms with E-state index in [0.717, 1.165) is 16.8 Å². The molecule has 0 saturated carbocycles. The second-order valence-corrected chi connectivity index (χ2v) is 8.99. The number of imidazole rings is 2. The molecule has 8 rings (SSSR count). The SMILES string of the molecule is Cc1ccccc1-c1cc2c3cc4ccccc4cc3n3c2c(c1)n1c2ccccc2nc13. The first-order chi connectivity index (χ1) is 16.3. The van der Waals surface area contributed by atoms with E-state index < -0.39 is 0 Å². The van der Waals surface area contributed by atoms with Crippen molar-refractivity contribution in [3.05, 3.63) is 103 Å². The maximum absolute atomic E-state index is 5.08. The Morgan fingerprint density at radius 1 is 0.606 bits per heavy atom. The Balaban J connectivity index is 1.67. The fourth-order valence-electron chi connectivity index (χ4n) is 5.64. The fourth-order valence-corrected chi connectivity index (χ4v) is 5.64. The number of para-hydroxylation sites is 2. The molecule has 0 fully saturated rings. The molecule has 33 heavy (non-hydrogen) atoms. The van der Waals surface area contributed by atoms with Crippen LogP contribution in [0.1, 0.15) is 5.56 Å². The minimum atomic E-state index is 0.975. The van der Waals surface area contributed by atoms with Gasteiger partial charge in [0, 0.05) is 10.8 Å². The molecule has 8 aromatic rings. The number of benzene rings is 5. The predicted octanol–water partition coefficient (Wildman–Crippen LogP) is 7.61. The zero-order valence-electron chi connectivity index (χ0n) is 18.1. The topological polar surface area (TPSA) is 21.7 Å². The Hall–Kier alpha value is -4.37. The van der Waals surface area contributed by atoms with E-state index >= 15 is 0 Å². The summed E-state index contributed by atoms with van der Waals surface area (Å²) in [4.78, 5) is 5.08. The smallest absolute Gasteiger partial charge is 0.220 e. The molecule has 0 aliphatic carbocycles. The summed E-state index contributed by atoms with van der Waals surface area (Å²) in [6, 6.07) is 35.0. The molecule has 3 nitrogen and oxygen atoms in total. The van der Waals surface area contributed by atoms with Crippen LogP contribution in [0.2, 0.25) is 0 Å². The number of nitrogens with zero attached hydrogens (tertiary/aromatic N) is 3. The molecule has 0 bridgehead atoms. The van der Waals surface area contributed by atoms with E-state index in [1.54, 1.807) is 0 Å². The maximum atomic E-state index is 5.08.